The lowest BCUT2D eigenvalue weighted by Gasteiger charge is -2.31. The Bertz CT molecular complexity index is 809. The van der Waals surface area contributed by atoms with Crippen molar-refractivity contribution in [2.45, 2.75) is 25.9 Å². The molecule has 1 fully saturated rings. The van der Waals surface area contributed by atoms with Crippen LogP contribution in [-0.4, -0.2) is 43.8 Å². The number of anilines is 1. The highest BCUT2D eigenvalue weighted by Gasteiger charge is 2.22. The number of hydrogen-bond acceptors (Lipinski definition) is 6. The third-order valence-corrected chi connectivity index (χ3v) is 4.03. The average Bonchev–Trinajstić information content (AvgIpc) is 3.03. The molecule has 7 heteroatoms. The number of aryl methyl sites for hydroxylation is 1. The molecule has 0 atom stereocenters. The van der Waals surface area contributed by atoms with Crippen LogP contribution in [0.5, 0.6) is 5.88 Å². The molecule has 0 unspecified atom stereocenters. The monoisotopic (exact) mass is 310 g/mol. The lowest BCUT2D eigenvalue weighted by molar-refractivity contribution is 0.163. The molecule has 4 heterocycles. The predicted molar refractivity (Wildman–Crippen MR) is 85.6 cm³/mol. The second kappa shape index (κ2) is 5.83. The maximum Gasteiger partial charge on any atom is 0.225 e. The first kappa shape index (κ1) is 13.9. The van der Waals surface area contributed by atoms with Crippen LogP contribution in [-0.2, 0) is 0 Å². The first-order valence-electron chi connectivity index (χ1n) is 7.79. The molecule has 118 valence electrons. The van der Waals surface area contributed by atoms with Crippen LogP contribution in [0.2, 0.25) is 0 Å². The van der Waals surface area contributed by atoms with Crippen LogP contribution < -0.4 is 9.64 Å². The molecule has 1 saturated heterocycles. The highest BCUT2D eigenvalue weighted by atomic mass is 16.5. The number of fused-ring (bicyclic) bond motifs is 1. The number of ether oxygens (including phenoxy) is 1. The van der Waals surface area contributed by atoms with Crippen molar-refractivity contribution in [1.29, 1.82) is 0 Å². The summed E-state index contributed by atoms with van der Waals surface area (Å²) >= 11 is 0. The molecule has 0 N–H and O–H groups in total. The number of rotatable bonds is 3. The van der Waals surface area contributed by atoms with Gasteiger partial charge in [0.2, 0.25) is 11.8 Å². The van der Waals surface area contributed by atoms with Gasteiger partial charge in [0.05, 0.1) is 6.20 Å². The zero-order valence-electron chi connectivity index (χ0n) is 13.0. The highest BCUT2D eigenvalue weighted by molar-refractivity contribution is 5.38. The Balaban J connectivity index is 1.39. The molecule has 1 aliphatic rings. The summed E-state index contributed by atoms with van der Waals surface area (Å²) in [5.41, 5.74) is 1.79. The van der Waals surface area contributed by atoms with E-state index >= 15 is 0 Å². The largest absolute Gasteiger partial charge is 0.474 e. The molecular weight excluding hydrogens is 292 g/mol. The lowest BCUT2D eigenvalue weighted by Crippen LogP contribution is -2.39. The Morgan fingerprint density at radius 2 is 1.96 bits per heavy atom. The molecular formula is C16H18N6O. The minimum atomic E-state index is 0.175. The van der Waals surface area contributed by atoms with E-state index in [-0.39, 0.29) is 6.10 Å². The predicted octanol–water partition coefficient (Wildman–Crippen LogP) is 1.88. The van der Waals surface area contributed by atoms with Crippen molar-refractivity contribution in [2.75, 3.05) is 18.0 Å². The van der Waals surface area contributed by atoms with Crippen molar-refractivity contribution < 1.29 is 4.74 Å². The van der Waals surface area contributed by atoms with Crippen LogP contribution in [0.15, 0.2) is 36.8 Å². The van der Waals surface area contributed by atoms with Gasteiger partial charge in [-0.25, -0.2) is 14.5 Å². The minimum Gasteiger partial charge on any atom is -0.474 e. The Morgan fingerprint density at radius 1 is 1.09 bits per heavy atom. The Morgan fingerprint density at radius 3 is 2.78 bits per heavy atom. The third-order valence-electron chi connectivity index (χ3n) is 4.03. The molecule has 3 aromatic heterocycles. The normalized spacial score (nSPS) is 16.0. The SMILES string of the molecule is Cc1ccnc(N2CCC(Oc3ccn4nccc4n3)CC2)n1. The molecule has 23 heavy (non-hydrogen) atoms. The molecule has 0 spiro atoms. The number of aromatic nitrogens is 5. The molecule has 0 radical (unpaired) electrons. The molecule has 0 bridgehead atoms. The first-order valence-corrected chi connectivity index (χ1v) is 7.79. The maximum atomic E-state index is 6.02. The fraction of sp³-hybridized carbons (Fsp3) is 0.375. The second-order valence-electron chi connectivity index (χ2n) is 5.70. The fourth-order valence-electron chi connectivity index (χ4n) is 2.79. The van der Waals surface area contributed by atoms with Crippen LogP contribution in [0.25, 0.3) is 5.65 Å². The third kappa shape index (κ3) is 2.94. The van der Waals surface area contributed by atoms with Gasteiger partial charge in [-0.15, -0.1) is 0 Å². The van der Waals surface area contributed by atoms with E-state index in [4.69, 9.17) is 4.74 Å². The van der Waals surface area contributed by atoms with Crippen molar-refractivity contribution in [3.63, 3.8) is 0 Å². The topological polar surface area (TPSA) is 68.4 Å². The van der Waals surface area contributed by atoms with Gasteiger partial charge in [0.1, 0.15) is 6.10 Å². The average molecular weight is 310 g/mol. The molecule has 0 amide bonds. The minimum absolute atomic E-state index is 0.175. The van der Waals surface area contributed by atoms with Crippen molar-refractivity contribution >= 4 is 11.6 Å². The molecule has 0 saturated carbocycles. The van der Waals surface area contributed by atoms with Gasteiger partial charge in [0, 0.05) is 56.2 Å². The maximum absolute atomic E-state index is 6.02. The zero-order valence-corrected chi connectivity index (χ0v) is 13.0. The van der Waals surface area contributed by atoms with Crippen molar-refractivity contribution in [3.05, 3.63) is 42.5 Å². The van der Waals surface area contributed by atoms with Gasteiger partial charge >= 0.3 is 0 Å². The Kier molecular flexibility index (Phi) is 3.53. The van der Waals surface area contributed by atoms with E-state index in [1.165, 1.54) is 0 Å². The van der Waals surface area contributed by atoms with Gasteiger partial charge < -0.3 is 9.64 Å². The van der Waals surface area contributed by atoms with E-state index in [1.807, 2.05) is 37.5 Å². The van der Waals surface area contributed by atoms with E-state index in [0.29, 0.717) is 5.88 Å². The van der Waals surface area contributed by atoms with Gasteiger partial charge in [0.25, 0.3) is 0 Å². The van der Waals surface area contributed by atoms with Gasteiger partial charge in [-0.1, -0.05) is 0 Å². The standard InChI is InChI=1S/C16H18N6O/c1-12-2-7-17-16(19-12)21-9-4-13(5-10-21)23-15-6-11-22-14(20-15)3-8-18-22/h2-3,6-8,11,13H,4-5,9-10H2,1H3. The molecule has 1 aliphatic heterocycles. The summed E-state index contributed by atoms with van der Waals surface area (Å²) in [5.74, 6) is 1.46. The Labute approximate surface area is 134 Å². The van der Waals surface area contributed by atoms with Crippen molar-refractivity contribution in [2.24, 2.45) is 0 Å². The van der Waals surface area contributed by atoms with Crippen LogP contribution in [0.3, 0.4) is 0 Å². The zero-order chi connectivity index (χ0) is 15.6. The van der Waals surface area contributed by atoms with Crippen molar-refractivity contribution in [3.8, 4) is 5.88 Å². The molecule has 3 aromatic rings. The molecule has 0 aromatic carbocycles. The van der Waals surface area contributed by atoms with Crippen molar-refractivity contribution in [1.82, 2.24) is 24.6 Å². The van der Waals surface area contributed by atoms with Gasteiger partial charge in [0.15, 0.2) is 5.65 Å². The quantitative estimate of drug-likeness (QED) is 0.736. The summed E-state index contributed by atoms with van der Waals surface area (Å²) in [6.07, 6.45) is 7.45. The fourth-order valence-corrected chi connectivity index (χ4v) is 2.79. The van der Waals surface area contributed by atoms with Gasteiger partial charge in [-0.05, 0) is 13.0 Å². The summed E-state index contributed by atoms with van der Waals surface area (Å²) in [4.78, 5) is 15.5. The van der Waals surface area contributed by atoms with E-state index in [2.05, 4.69) is 25.0 Å². The summed E-state index contributed by atoms with van der Waals surface area (Å²) < 4.78 is 7.75. The van der Waals surface area contributed by atoms with E-state index in [9.17, 15) is 0 Å². The van der Waals surface area contributed by atoms with E-state index in [0.717, 1.165) is 43.2 Å². The smallest absolute Gasteiger partial charge is 0.225 e. The van der Waals surface area contributed by atoms with Crippen LogP contribution >= 0.6 is 0 Å². The van der Waals surface area contributed by atoms with E-state index in [1.54, 1.807) is 10.7 Å². The van der Waals surface area contributed by atoms with Crippen LogP contribution in [0, 0.1) is 6.92 Å². The number of nitrogens with zero attached hydrogens (tertiary/aromatic N) is 6. The van der Waals surface area contributed by atoms with Gasteiger partial charge in [-0.3, -0.25) is 0 Å². The van der Waals surface area contributed by atoms with Crippen LogP contribution in [0.1, 0.15) is 18.5 Å². The van der Waals surface area contributed by atoms with E-state index < -0.39 is 0 Å². The Hall–Kier alpha value is -2.70. The second-order valence-corrected chi connectivity index (χ2v) is 5.70. The van der Waals surface area contributed by atoms with Crippen LogP contribution in [0.4, 0.5) is 5.95 Å². The highest BCUT2D eigenvalue weighted by Crippen LogP contribution is 2.20. The summed E-state index contributed by atoms with van der Waals surface area (Å²) in [6, 6.07) is 5.64. The number of hydrogen-bond donors (Lipinski definition) is 0. The first-order chi connectivity index (χ1) is 11.3. The summed E-state index contributed by atoms with van der Waals surface area (Å²) in [6.45, 7) is 3.77. The molecule has 4 rings (SSSR count). The van der Waals surface area contributed by atoms with Gasteiger partial charge in [-0.2, -0.15) is 10.1 Å². The number of piperidine rings is 1. The summed E-state index contributed by atoms with van der Waals surface area (Å²) in [5, 5.41) is 4.14. The summed E-state index contributed by atoms with van der Waals surface area (Å²) in [7, 11) is 0. The lowest BCUT2D eigenvalue weighted by atomic mass is 10.1. The molecule has 0 aliphatic carbocycles. The molecule has 7 nitrogen and oxygen atoms in total.